The fourth-order valence-corrected chi connectivity index (χ4v) is 0.314. The van der Waals surface area contributed by atoms with Crippen molar-refractivity contribution in [3.05, 3.63) is 0 Å². The Morgan fingerprint density at radius 2 is 1.23 bits per heavy atom. The summed E-state index contributed by atoms with van der Waals surface area (Å²) in [6.45, 7) is -2.39. The van der Waals surface area contributed by atoms with Crippen LogP contribution in [0.2, 0.25) is 0 Å². The van der Waals surface area contributed by atoms with Gasteiger partial charge in [0.1, 0.15) is 0 Å². The van der Waals surface area contributed by atoms with E-state index in [0.717, 1.165) is 0 Å². The fourth-order valence-electron chi connectivity index (χ4n) is 0.314. The zero-order chi connectivity index (χ0) is 10.1. The molecule has 13 heavy (non-hydrogen) atoms. The van der Waals surface area contributed by atoms with E-state index in [4.69, 9.17) is 10.2 Å². The van der Waals surface area contributed by atoms with Crippen molar-refractivity contribution in [1.29, 1.82) is 0 Å². The molecule has 8 nitrogen and oxygen atoms in total. The fraction of sp³-hybridized carbons (Fsp3) is 0.600. The third kappa shape index (κ3) is 6.84. The van der Waals surface area contributed by atoms with Crippen molar-refractivity contribution in [1.82, 2.24) is 0 Å². The lowest BCUT2D eigenvalue weighted by Gasteiger charge is -2.04. The maximum absolute atomic E-state index is 10.3. The van der Waals surface area contributed by atoms with Crippen molar-refractivity contribution < 1.29 is 38.7 Å². The van der Waals surface area contributed by atoms with Gasteiger partial charge in [-0.05, 0) is 0 Å². The second kappa shape index (κ2) is 7.13. The van der Waals surface area contributed by atoms with Crippen molar-refractivity contribution >= 4 is 12.3 Å². The number of aliphatic hydroxyl groups is 2. The summed E-state index contributed by atoms with van der Waals surface area (Å²) in [5.74, 6) is 0. The zero-order valence-corrected chi connectivity index (χ0v) is 6.47. The van der Waals surface area contributed by atoms with Gasteiger partial charge in [-0.15, -0.1) is 0 Å². The van der Waals surface area contributed by atoms with Crippen LogP contribution in [0.15, 0.2) is 0 Å². The van der Waals surface area contributed by atoms with Crippen molar-refractivity contribution in [2.45, 2.75) is 0 Å². The van der Waals surface area contributed by atoms with E-state index in [0.29, 0.717) is 0 Å². The molecule has 0 aromatic carbocycles. The summed E-state index contributed by atoms with van der Waals surface area (Å²) < 4.78 is 15.9. The van der Waals surface area contributed by atoms with Gasteiger partial charge in [-0.3, -0.25) is 0 Å². The van der Waals surface area contributed by atoms with Crippen LogP contribution in [0, 0.1) is 0 Å². The van der Waals surface area contributed by atoms with Crippen LogP contribution >= 0.6 is 0 Å². The number of hydrogen-bond acceptors (Lipinski definition) is 8. The van der Waals surface area contributed by atoms with Crippen LogP contribution in [0.1, 0.15) is 0 Å². The molecule has 0 aliphatic carbocycles. The van der Waals surface area contributed by atoms with Crippen LogP contribution in [0.3, 0.4) is 0 Å². The summed E-state index contributed by atoms with van der Waals surface area (Å²) in [7, 11) is 0. The molecule has 0 amide bonds. The van der Waals surface area contributed by atoms with Gasteiger partial charge in [0.05, 0.1) is 0 Å². The first-order chi connectivity index (χ1) is 6.20. The minimum atomic E-state index is -1.20. The highest BCUT2D eigenvalue weighted by atomic mass is 16.8. The maximum Gasteiger partial charge on any atom is 0.513 e. The van der Waals surface area contributed by atoms with E-state index >= 15 is 0 Å². The molecule has 0 spiro atoms. The Balaban J connectivity index is 3.33. The minimum Gasteiger partial charge on any atom is -0.407 e. The van der Waals surface area contributed by atoms with Gasteiger partial charge < -0.3 is 29.2 Å². The third-order valence-electron chi connectivity index (χ3n) is 0.718. The molecule has 0 aliphatic heterocycles. The molecule has 0 bridgehead atoms. The number of rotatable bonds is 4. The Bertz CT molecular complexity index is 148. The Hall–Kier alpha value is -1.54. The molecule has 2 N–H and O–H groups in total. The topological polar surface area (TPSA) is 112 Å². The number of hydrogen-bond donors (Lipinski definition) is 2. The van der Waals surface area contributed by atoms with Gasteiger partial charge in [0.2, 0.25) is 6.79 Å². The molecule has 0 unspecified atom stereocenters. The van der Waals surface area contributed by atoms with Crippen molar-refractivity contribution in [3.8, 4) is 0 Å². The van der Waals surface area contributed by atoms with E-state index in [2.05, 4.69) is 18.9 Å². The van der Waals surface area contributed by atoms with E-state index in [-0.39, 0.29) is 0 Å². The first-order valence-corrected chi connectivity index (χ1v) is 3.01. The highest BCUT2D eigenvalue weighted by Crippen LogP contribution is 1.88. The van der Waals surface area contributed by atoms with Crippen LogP contribution in [-0.2, 0) is 18.9 Å². The lowest BCUT2D eigenvalue weighted by Crippen LogP contribution is -2.15. The summed E-state index contributed by atoms with van der Waals surface area (Å²) >= 11 is 0. The molecule has 0 atom stereocenters. The lowest BCUT2D eigenvalue weighted by atomic mass is 11.2. The molecule has 8 heteroatoms. The Morgan fingerprint density at radius 3 is 1.54 bits per heavy atom. The summed E-state index contributed by atoms with van der Waals surface area (Å²) in [4.78, 5) is 20.6. The van der Waals surface area contributed by atoms with Crippen molar-refractivity contribution in [2.75, 3.05) is 20.4 Å². The number of aliphatic hydroxyl groups excluding tert-OH is 2. The predicted molar refractivity (Wildman–Crippen MR) is 34.2 cm³/mol. The monoisotopic (exact) mass is 196 g/mol. The van der Waals surface area contributed by atoms with Crippen LogP contribution < -0.4 is 0 Å². The lowest BCUT2D eigenvalue weighted by molar-refractivity contribution is -0.0682. The van der Waals surface area contributed by atoms with E-state index in [1.165, 1.54) is 0 Å². The SMILES string of the molecule is O=C(OCO)OCOC(=O)OCO. The molecular formula is C5H8O8. The summed E-state index contributed by atoms with van der Waals surface area (Å²) in [6, 6.07) is 0. The van der Waals surface area contributed by atoms with Crippen LogP contribution in [0.25, 0.3) is 0 Å². The second-order valence-corrected chi connectivity index (χ2v) is 1.45. The molecule has 0 aromatic heterocycles. The van der Waals surface area contributed by atoms with Gasteiger partial charge in [-0.25, -0.2) is 9.59 Å². The standard InChI is InChI=1S/C5H8O8/c6-1-10-4(8)12-3-13-5(9)11-2-7/h6-7H,1-3H2. The van der Waals surface area contributed by atoms with E-state index in [9.17, 15) is 9.59 Å². The summed E-state index contributed by atoms with van der Waals surface area (Å²) in [5.41, 5.74) is 0. The largest absolute Gasteiger partial charge is 0.513 e. The highest BCUT2D eigenvalue weighted by Gasteiger charge is 2.06. The molecule has 0 aromatic rings. The van der Waals surface area contributed by atoms with Crippen LogP contribution in [0.5, 0.6) is 0 Å². The summed E-state index contributed by atoms with van der Waals surface area (Å²) in [6.07, 6.45) is -2.39. The first-order valence-electron chi connectivity index (χ1n) is 3.01. The van der Waals surface area contributed by atoms with Crippen LogP contribution in [0.4, 0.5) is 9.59 Å². The smallest absolute Gasteiger partial charge is 0.407 e. The van der Waals surface area contributed by atoms with Crippen molar-refractivity contribution in [2.24, 2.45) is 0 Å². The molecule has 0 saturated carbocycles. The molecule has 76 valence electrons. The van der Waals surface area contributed by atoms with Gasteiger partial charge in [-0.1, -0.05) is 0 Å². The number of ether oxygens (including phenoxy) is 4. The van der Waals surface area contributed by atoms with Gasteiger partial charge in [0.15, 0.2) is 13.6 Å². The van der Waals surface area contributed by atoms with Gasteiger partial charge in [0.25, 0.3) is 0 Å². The predicted octanol–water partition coefficient (Wildman–Crippen LogP) is -0.850. The maximum atomic E-state index is 10.3. The average Bonchev–Trinajstić information content (AvgIpc) is 2.05. The third-order valence-corrected chi connectivity index (χ3v) is 0.718. The van der Waals surface area contributed by atoms with Gasteiger partial charge in [-0.2, -0.15) is 0 Å². The molecule has 0 radical (unpaired) electrons. The number of carbonyl (C=O) groups is 2. The molecule has 0 rings (SSSR count). The summed E-state index contributed by atoms with van der Waals surface area (Å²) in [5, 5.41) is 16.1. The molecule has 0 fully saturated rings. The van der Waals surface area contributed by atoms with Crippen molar-refractivity contribution in [3.63, 3.8) is 0 Å². The second-order valence-electron chi connectivity index (χ2n) is 1.45. The Kier molecular flexibility index (Phi) is 6.28. The Labute approximate surface area is 72.6 Å². The minimum absolute atomic E-state index is 0.725. The Morgan fingerprint density at radius 1 is 0.846 bits per heavy atom. The normalized spacial score (nSPS) is 8.77. The van der Waals surface area contributed by atoms with Gasteiger partial charge in [0, 0.05) is 0 Å². The zero-order valence-electron chi connectivity index (χ0n) is 6.47. The average molecular weight is 196 g/mol. The van der Waals surface area contributed by atoms with Gasteiger partial charge >= 0.3 is 12.3 Å². The first kappa shape index (κ1) is 11.5. The molecule has 0 heterocycles. The molecular weight excluding hydrogens is 188 g/mol. The van der Waals surface area contributed by atoms with Crippen LogP contribution in [-0.4, -0.2) is 42.9 Å². The van der Waals surface area contributed by atoms with E-state index in [1.54, 1.807) is 0 Å². The quantitative estimate of drug-likeness (QED) is 0.441. The van der Waals surface area contributed by atoms with E-state index in [1.807, 2.05) is 0 Å². The number of carbonyl (C=O) groups excluding carboxylic acids is 2. The molecule has 0 saturated heterocycles. The van der Waals surface area contributed by atoms with E-state index < -0.39 is 32.7 Å². The molecule has 0 aliphatic rings. The highest BCUT2D eigenvalue weighted by molar-refractivity contribution is 5.61.